The number of hydrogen-bond donors (Lipinski definition) is 0. The van der Waals surface area contributed by atoms with Crippen molar-refractivity contribution in [2.24, 2.45) is 13.0 Å². The molecule has 0 radical (unpaired) electrons. The van der Waals surface area contributed by atoms with Crippen LogP contribution in [0.5, 0.6) is 0 Å². The standard InChI is InChI=1S/C26H25N5O2/c1-30-17-22(16-28-30)20-7-8-21-15-27-25(29-23(21)13-20)14-24(32)18-9-11-31(12-10-18)26(33)19-5-3-2-4-6-19/h2-8,13,15-18H,9-12,14H2,1H3. The molecular weight excluding hydrogens is 414 g/mol. The van der Waals surface area contributed by atoms with Crippen LogP contribution in [0.2, 0.25) is 0 Å². The lowest BCUT2D eigenvalue weighted by Crippen LogP contribution is -2.40. The van der Waals surface area contributed by atoms with Crippen LogP contribution < -0.4 is 0 Å². The van der Waals surface area contributed by atoms with E-state index in [1.807, 2.05) is 72.9 Å². The van der Waals surface area contributed by atoms with Crippen molar-refractivity contribution in [1.29, 1.82) is 0 Å². The minimum atomic E-state index is -0.0640. The molecule has 5 rings (SSSR count). The Labute approximate surface area is 192 Å². The smallest absolute Gasteiger partial charge is 0.253 e. The molecule has 0 atom stereocenters. The van der Waals surface area contributed by atoms with E-state index in [4.69, 9.17) is 0 Å². The Bertz CT molecular complexity index is 1310. The number of carbonyl (C=O) groups is 2. The van der Waals surface area contributed by atoms with E-state index < -0.39 is 0 Å². The summed E-state index contributed by atoms with van der Waals surface area (Å²) >= 11 is 0. The van der Waals surface area contributed by atoms with Gasteiger partial charge < -0.3 is 4.90 Å². The second kappa shape index (κ2) is 8.94. The molecule has 1 saturated heterocycles. The lowest BCUT2D eigenvalue weighted by Gasteiger charge is -2.31. The zero-order valence-corrected chi connectivity index (χ0v) is 18.5. The molecule has 33 heavy (non-hydrogen) atoms. The number of fused-ring (bicyclic) bond motifs is 1. The number of aryl methyl sites for hydroxylation is 1. The van der Waals surface area contributed by atoms with E-state index in [9.17, 15) is 9.59 Å². The zero-order chi connectivity index (χ0) is 22.8. The number of amides is 1. The minimum absolute atomic E-state index is 0.0313. The summed E-state index contributed by atoms with van der Waals surface area (Å²) in [5.41, 5.74) is 3.56. The number of hydrogen-bond acceptors (Lipinski definition) is 5. The number of Topliss-reactive ketones (excluding diaryl/α,β-unsaturated/α-hetero) is 1. The minimum Gasteiger partial charge on any atom is -0.339 e. The highest BCUT2D eigenvalue weighted by atomic mass is 16.2. The molecule has 166 valence electrons. The number of benzene rings is 2. The van der Waals surface area contributed by atoms with Gasteiger partial charge in [0.1, 0.15) is 11.6 Å². The third kappa shape index (κ3) is 4.53. The fourth-order valence-electron chi connectivity index (χ4n) is 4.36. The van der Waals surface area contributed by atoms with Gasteiger partial charge in [0, 0.05) is 55.0 Å². The Balaban J connectivity index is 1.24. The fourth-order valence-corrected chi connectivity index (χ4v) is 4.36. The quantitative estimate of drug-likeness (QED) is 0.474. The molecule has 2 aromatic carbocycles. The van der Waals surface area contributed by atoms with Crippen LogP contribution in [0.15, 0.2) is 67.1 Å². The fraction of sp³-hybridized carbons (Fsp3) is 0.269. The third-order valence-corrected chi connectivity index (χ3v) is 6.26. The molecule has 7 heteroatoms. The third-order valence-electron chi connectivity index (χ3n) is 6.26. The molecule has 2 aromatic heterocycles. The highest BCUT2D eigenvalue weighted by molar-refractivity contribution is 5.94. The predicted molar refractivity (Wildman–Crippen MR) is 126 cm³/mol. The average Bonchev–Trinajstić information content (AvgIpc) is 3.30. The van der Waals surface area contributed by atoms with Crippen LogP contribution in [0, 0.1) is 5.92 Å². The molecule has 0 saturated carbocycles. The van der Waals surface area contributed by atoms with Crippen molar-refractivity contribution < 1.29 is 9.59 Å². The second-order valence-corrected chi connectivity index (χ2v) is 8.54. The van der Waals surface area contributed by atoms with Gasteiger partial charge >= 0.3 is 0 Å². The average molecular weight is 440 g/mol. The summed E-state index contributed by atoms with van der Waals surface area (Å²) in [5.74, 6) is 0.651. The first kappa shape index (κ1) is 21.0. The van der Waals surface area contributed by atoms with Gasteiger partial charge in [-0.15, -0.1) is 0 Å². The molecule has 1 amide bonds. The molecule has 1 aliphatic rings. The van der Waals surface area contributed by atoms with Crippen LogP contribution in [0.4, 0.5) is 0 Å². The molecule has 0 unspecified atom stereocenters. The Kier molecular flexibility index (Phi) is 5.69. The van der Waals surface area contributed by atoms with Gasteiger partial charge in [-0.25, -0.2) is 9.97 Å². The highest BCUT2D eigenvalue weighted by Gasteiger charge is 2.28. The lowest BCUT2D eigenvalue weighted by molar-refractivity contribution is -0.123. The van der Waals surface area contributed by atoms with E-state index in [-0.39, 0.29) is 24.0 Å². The molecule has 0 N–H and O–H groups in total. The summed E-state index contributed by atoms with van der Waals surface area (Å²) in [7, 11) is 1.89. The van der Waals surface area contributed by atoms with Crippen LogP contribution in [0.3, 0.4) is 0 Å². The largest absolute Gasteiger partial charge is 0.339 e. The molecule has 0 bridgehead atoms. The number of carbonyl (C=O) groups excluding carboxylic acids is 2. The van der Waals surface area contributed by atoms with Gasteiger partial charge in [-0.1, -0.05) is 30.3 Å². The number of ketones is 1. The highest BCUT2D eigenvalue weighted by Crippen LogP contribution is 2.24. The molecule has 3 heterocycles. The van der Waals surface area contributed by atoms with E-state index in [0.717, 1.165) is 22.0 Å². The predicted octanol–water partition coefficient (Wildman–Crippen LogP) is 3.69. The molecule has 0 spiro atoms. The zero-order valence-electron chi connectivity index (χ0n) is 18.5. The number of rotatable bonds is 5. The van der Waals surface area contributed by atoms with E-state index in [1.165, 1.54) is 0 Å². The van der Waals surface area contributed by atoms with Crippen molar-refractivity contribution in [1.82, 2.24) is 24.6 Å². The van der Waals surface area contributed by atoms with Crippen molar-refractivity contribution in [2.45, 2.75) is 19.3 Å². The van der Waals surface area contributed by atoms with Gasteiger partial charge in [0.2, 0.25) is 0 Å². The maximum absolute atomic E-state index is 12.9. The number of likely N-dealkylation sites (tertiary alicyclic amines) is 1. The van der Waals surface area contributed by atoms with E-state index in [1.54, 1.807) is 10.9 Å². The summed E-state index contributed by atoms with van der Waals surface area (Å²) in [6.45, 7) is 1.19. The maximum atomic E-state index is 12.9. The topological polar surface area (TPSA) is 81.0 Å². The van der Waals surface area contributed by atoms with Crippen molar-refractivity contribution in [3.63, 3.8) is 0 Å². The Morgan fingerprint density at radius 2 is 1.79 bits per heavy atom. The second-order valence-electron chi connectivity index (χ2n) is 8.54. The first-order valence-corrected chi connectivity index (χ1v) is 11.2. The van der Waals surface area contributed by atoms with Gasteiger partial charge in [0.25, 0.3) is 5.91 Å². The monoisotopic (exact) mass is 439 g/mol. The Hall–Kier alpha value is -3.87. The molecule has 4 aromatic rings. The molecule has 7 nitrogen and oxygen atoms in total. The lowest BCUT2D eigenvalue weighted by atomic mass is 9.90. The summed E-state index contributed by atoms with van der Waals surface area (Å²) in [5, 5.41) is 5.17. The van der Waals surface area contributed by atoms with E-state index in [2.05, 4.69) is 15.1 Å². The van der Waals surface area contributed by atoms with Crippen LogP contribution >= 0.6 is 0 Å². The van der Waals surface area contributed by atoms with E-state index in [0.29, 0.717) is 37.3 Å². The van der Waals surface area contributed by atoms with Crippen LogP contribution in [0.1, 0.15) is 29.0 Å². The van der Waals surface area contributed by atoms with Gasteiger partial charge in [-0.2, -0.15) is 5.10 Å². The summed E-state index contributed by atoms with van der Waals surface area (Å²) in [6.07, 6.45) is 7.12. The number of piperidine rings is 1. The Morgan fingerprint density at radius 3 is 2.52 bits per heavy atom. The summed E-state index contributed by atoms with van der Waals surface area (Å²) in [6, 6.07) is 15.3. The van der Waals surface area contributed by atoms with Crippen LogP contribution in [0.25, 0.3) is 22.0 Å². The van der Waals surface area contributed by atoms with Crippen molar-refractivity contribution in [3.8, 4) is 11.1 Å². The van der Waals surface area contributed by atoms with Crippen molar-refractivity contribution >= 4 is 22.6 Å². The maximum Gasteiger partial charge on any atom is 0.253 e. The SMILES string of the molecule is Cn1cc(-c2ccc3cnc(CC(=O)C4CCN(C(=O)c5ccccc5)CC4)nc3c2)cn1. The van der Waals surface area contributed by atoms with Crippen molar-refractivity contribution in [2.75, 3.05) is 13.1 Å². The summed E-state index contributed by atoms with van der Waals surface area (Å²) < 4.78 is 1.77. The van der Waals surface area contributed by atoms with E-state index >= 15 is 0 Å². The normalized spacial score (nSPS) is 14.5. The molecular formula is C26H25N5O2. The van der Waals surface area contributed by atoms with Crippen LogP contribution in [-0.2, 0) is 18.3 Å². The van der Waals surface area contributed by atoms with Crippen molar-refractivity contribution in [3.05, 3.63) is 78.5 Å². The first-order chi connectivity index (χ1) is 16.1. The Morgan fingerprint density at radius 1 is 1.00 bits per heavy atom. The first-order valence-electron chi connectivity index (χ1n) is 11.2. The molecule has 1 aliphatic heterocycles. The van der Waals surface area contributed by atoms with Gasteiger partial charge in [0.05, 0.1) is 18.1 Å². The van der Waals surface area contributed by atoms with Gasteiger partial charge in [-0.05, 0) is 36.6 Å². The molecule has 0 aliphatic carbocycles. The number of nitrogens with zero attached hydrogens (tertiary/aromatic N) is 5. The molecule has 1 fully saturated rings. The summed E-state index contributed by atoms with van der Waals surface area (Å²) in [4.78, 5) is 36.5. The number of aromatic nitrogens is 4. The van der Waals surface area contributed by atoms with Crippen LogP contribution in [-0.4, -0.2) is 49.4 Å². The van der Waals surface area contributed by atoms with Gasteiger partial charge in [-0.3, -0.25) is 14.3 Å². The van der Waals surface area contributed by atoms with Gasteiger partial charge in [0.15, 0.2) is 0 Å².